The van der Waals surface area contributed by atoms with Gasteiger partial charge in [-0.2, -0.15) is 12.2 Å². The largest absolute Gasteiger partial charge is 4.00 e. The fourth-order valence-electron chi connectivity index (χ4n) is 5.62. The van der Waals surface area contributed by atoms with Gasteiger partial charge in [0.25, 0.3) is 0 Å². The van der Waals surface area contributed by atoms with Crippen molar-refractivity contribution in [2.45, 2.75) is 104 Å². The smallest absolute Gasteiger partial charge is 1.00 e. The van der Waals surface area contributed by atoms with Crippen LogP contribution in [-0.2, 0) is 26.2 Å². The minimum Gasteiger partial charge on any atom is -1.00 e. The monoisotopic (exact) mass is 510 g/mol. The topological polar surface area (TPSA) is 0 Å². The van der Waals surface area contributed by atoms with Crippen molar-refractivity contribution in [3.05, 3.63) is 47.6 Å². The molecule has 2 saturated carbocycles. The molecule has 29 heavy (non-hydrogen) atoms. The maximum atomic E-state index is 3.52. The zero-order valence-corrected chi connectivity index (χ0v) is 22.4. The molecular formula is C26H38Cl2Zr. The van der Waals surface area contributed by atoms with Gasteiger partial charge in [-0.1, -0.05) is 52.4 Å². The van der Waals surface area contributed by atoms with E-state index in [1.165, 1.54) is 88.2 Å². The van der Waals surface area contributed by atoms with Crippen LogP contribution in [0.3, 0.4) is 0 Å². The molecule has 160 valence electrons. The zero-order valence-electron chi connectivity index (χ0n) is 18.5. The number of rotatable bonds is 4. The average molecular weight is 513 g/mol. The fourth-order valence-corrected chi connectivity index (χ4v) is 5.62. The standard InChI is InChI=1S/2C13H19.2ClH.Zr/c2*1-2-13(10-6-3-7-11-13)12-8-4-5-9-12;;;/h2*4,8H,2-3,5-7,10-11H2,1H3;2*1H;/q2*-1;;;+4/p-2. The van der Waals surface area contributed by atoms with Crippen LogP contribution in [0.1, 0.15) is 104 Å². The van der Waals surface area contributed by atoms with Gasteiger partial charge in [0, 0.05) is 0 Å². The second-order valence-electron chi connectivity index (χ2n) is 8.78. The summed E-state index contributed by atoms with van der Waals surface area (Å²) >= 11 is 0. The van der Waals surface area contributed by atoms with E-state index in [0.717, 1.165) is 12.8 Å². The summed E-state index contributed by atoms with van der Waals surface area (Å²) in [5, 5.41) is 0. The SMILES string of the molecule is CCC1(C2=[C-]CC=C2)CCCCC1.CCC1(C2=[C-]CC=C2)CCCCC1.[Cl-].[Cl-].[Zr+4]. The second-order valence-corrected chi connectivity index (χ2v) is 8.78. The molecule has 0 atom stereocenters. The maximum Gasteiger partial charge on any atom is 4.00 e. The van der Waals surface area contributed by atoms with Crippen molar-refractivity contribution in [3.63, 3.8) is 0 Å². The van der Waals surface area contributed by atoms with Gasteiger partial charge in [-0.05, 0) is 49.4 Å². The summed E-state index contributed by atoms with van der Waals surface area (Å²) in [4.78, 5) is 0. The first-order valence-electron chi connectivity index (χ1n) is 11.3. The molecule has 0 aromatic rings. The molecule has 0 bridgehead atoms. The first-order chi connectivity index (χ1) is 12.7. The number of allylic oxidation sites excluding steroid dienone is 8. The molecule has 3 heteroatoms. The van der Waals surface area contributed by atoms with Gasteiger partial charge in [-0.25, -0.2) is 23.3 Å². The van der Waals surface area contributed by atoms with Crippen LogP contribution in [0, 0.1) is 23.0 Å². The Hall–Kier alpha value is 0.423. The molecule has 4 rings (SSSR count). The van der Waals surface area contributed by atoms with Crippen LogP contribution in [0.15, 0.2) is 35.5 Å². The summed E-state index contributed by atoms with van der Waals surface area (Å²) in [5.74, 6) is 0. The summed E-state index contributed by atoms with van der Waals surface area (Å²) in [6.45, 7) is 4.68. The van der Waals surface area contributed by atoms with Crippen molar-refractivity contribution in [1.82, 2.24) is 0 Å². The van der Waals surface area contributed by atoms with Gasteiger partial charge in [0.2, 0.25) is 0 Å². The Labute approximate surface area is 212 Å². The van der Waals surface area contributed by atoms with E-state index in [0.29, 0.717) is 10.8 Å². The third kappa shape index (κ3) is 7.22. The predicted octanol–water partition coefficient (Wildman–Crippen LogP) is 2.08. The molecule has 0 nitrogen and oxygen atoms in total. The van der Waals surface area contributed by atoms with Crippen LogP contribution in [0.4, 0.5) is 0 Å². The molecule has 0 unspecified atom stereocenters. The molecule has 0 aromatic carbocycles. The van der Waals surface area contributed by atoms with Crippen molar-refractivity contribution in [2.24, 2.45) is 10.8 Å². The molecule has 0 aliphatic heterocycles. The maximum absolute atomic E-state index is 3.52. The molecule has 4 aliphatic carbocycles. The third-order valence-electron chi connectivity index (χ3n) is 7.51. The van der Waals surface area contributed by atoms with Gasteiger partial charge in [0.05, 0.1) is 0 Å². The van der Waals surface area contributed by atoms with Crippen molar-refractivity contribution >= 4 is 0 Å². The van der Waals surface area contributed by atoms with Crippen LogP contribution in [0.2, 0.25) is 0 Å². The summed E-state index contributed by atoms with van der Waals surface area (Å²) in [7, 11) is 0. The summed E-state index contributed by atoms with van der Waals surface area (Å²) in [6, 6.07) is 0. The molecule has 0 N–H and O–H groups in total. The first-order valence-corrected chi connectivity index (χ1v) is 11.3. The Bertz CT molecular complexity index is 522. The van der Waals surface area contributed by atoms with Gasteiger partial charge in [0.1, 0.15) is 0 Å². The normalized spacial score (nSPS) is 23.4. The molecule has 0 heterocycles. The van der Waals surface area contributed by atoms with E-state index in [1.54, 1.807) is 0 Å². The molecule has 0 radical (unpaired) electrons. The Kier molecular flexibility index (Phi) is 14.7. The summed E-state index contributed by atoms with van der Waals surface area (Å²) < 4.78 is 0. The van der Waals surface area contributed by atoms with Gasteiger partial charge in [0.15, 0.2) is 0 Å². The van der Waals surface area contributed by atoms with Crippen LogP contribution in [0.5, 0.6) is 0 Å². The molecule has 0 aromatic heterocycles. The Morgan fingerprint density at radius 2 is 1.00 bits per heavy atom. The van der Waals surface area contributed by atoms with E-state index in [4.69, 9.17) is 0 Å². The van der Waals surface area contributed by atoms with Gasteiger partial charge in [-0.3, -0.25) is 12.2 Å². The van der Waals surface area contributed by atoms with E-state index in [-0.39, 0.29) is 51.0 Å². The minimum absolute atomic E-state index is 0. The van der Waals surface area contributed by atoms with Crippen molar-refractivity contribution in [1.29, 1.82) is 0 Å². The first kappa shape index (κ1) is 29.4. The van der Waals surface area contributed by atoms with Gasteiger partial charge in [-0.15, -0.1) is 12.8 Å². The number of hydrogen-bond donors (Lipinski definition) is 0. The van der Waals surface area contributed by atoms with Crippen LogP contribution >= 0.6 is 0 Å². The van der Waals surface area contributed by atoms with E-state index in [1.807, 2.05) is 0 Å². The predicted molar refractivity (Wildman–Crippen MR) is 113 cm³/mol. The van der Waals surface area contributed by atoms with Gasteiger partial charge < -0.3 is 24.8 Å². The quantitative estimate of drug-likeness (QED) is 0.506. The molecule has 4 aliphatic rings. The number of hydrogen-bond acceptors (Lipinski definition) is 0. The van der Waals surface area contributed by atoms with Crippen molar-refractivity contribution in [3.8, 4) is 0 Å². The van der Waals surface area contributed by atoms with Crippen LogP contribution < -0.4 is 24.8 Å². The molecule has 2 fully saturated rings. The zero-order chi connectivity index (χ0) is 18.3. The van der Waals surface area contributed by atoms with Gasteiger partial charge >= 0.3 is 26.2 Å². The molecule has 0 spiro atoms. The van der Waals surface area contributed by atoms with Crippen molar-refractivity contribution < 1.29 is 51.0 Å². The number of halogens is 2. The third-order valence-corrected chi connectivity index (χ3v) is 7.51. The Morgan fingerprint density at radius 3 is 1.24 bits per heavy atom. The van der Waals surface area contributed by atoms with E-state index in [2.05, 4.69) is 50.3 Å². The summed E-state index contributed by atoms with van der Waals surface area (Å²) in [6.07, 6.45) is 35.1. The molecular weight excluding hydrogens is 474 g/mol. The van der Waals surface area contributed by atoms with E-state index < -0.39 is 0 Å². The second kappa shape index (κ2) is 14.5. The fraction of sp³-hybridized carbons (Fsp3) is 0.692. The molecule has 0 amide bonds. The van der Waals surface area contributed by atoms with E-state index in [9.17, 15) is 0 Å². The average Bonchev–Trinajstić information content (AvgIpc) is 3.44. The van der Waals surface area contributed by atoms with Crippen LogP contribution in [0.25, 0.3) is 0 Å². The van der Waals surface area contributed by atoms with E-state index >= 15 is 0 Å². The van der Waals surface area contributed by atoms with Crippen molar-refractivity contribution in [2.75, 3.05) is 0 Å². The van der Waals surface area contributed by atoms with Crippen LogP contribution in [-0.4, -0.2) is 0 Å². The molecule has 0 saturated heterocycles. The summed E-state index contributed by atoms with van der Waals surface area (Å²) in [5.41, 5.74) is 4.08. The Morgan fingerprint density at radius 1 is 0.655 bits per heavy atom. The minimum atomic E-state index is 0. The Balaban J connectivity index is 0.000000490.